The van der Waals surface area contributed by atoms with E-state index in [0.29, 0.717) is 5.02 Å². The fourth-order valence-electron chi connectivity index (χ4n) is 1.38. The van der Waals surface area contributed by atoms with Crippen molar-refractivity contribution < 1.29 is 5.11 Å². The van der Waals surface area contributed by atoms with Crippen molar-refractivity contribution in [3.05, 3.63) is 43.7 Å². The third kappa shape index (κ3) is 3.05. The monoisotopic (exact) mass is 258 g/mol. The van der Waals surface area contributed by atoms with Gasteiger partial charge in [-0.3, -0.25) is 0 Å². The Kier molecular flexibility index (Phi) is 3.81. The third-order valence-corrected chi connectivity index (χ3v) is 4.32. The Bertz CT molecular complexity index is 408. The molecule has 80 valence electrons. The minimum absolute atomic E-state index is 0.387. The van der Waals surface area contributed by atoms with Gasteiger partial charge in [0.05, 0.1) is 11.1 Å². The summed E-state index contributed by atoms with van der Waals surface area (Å²) in [5.74, 6) is 0. The second kappa shape index (κ2) is 5.12. The molecule has 0 aliphatic rings. The number of aliphatic hydroxyl groups is 1. The van der Waals surface area contributed by atoms with Gasteiger partial charge in [-0.25, -0.2) is 0 Å². The van der Waals surface area contributed by atoms with E-state index in [2.05, 4.69) is 16.8 Å². The predicted molar refractivity (Wildman–Crippen MR) is 66.9 cm³/mol. The van der Waals surface area contributed by atoms with Crippen molar-refractivity contribution >= 4 is 34.3 Å². The maximum absolute atomic E-state index is 9.89. The molecule has 0 fully saturated rings. The zero-order chi connectivity index (χ0) is 10.7. The molecule has 0 amide bonds. The number of hydrogen-bond donors (Lipinski definition) is 1. The fraction of sp³-hybridized carbons (Fsp3) is 0.273. The average molecular weight is 259 g/mol. The highest BCUT2D eigenvalue weighted by Crippen LogP contribution is 2.28. The van der Waals surface area contributed by atoms with Crippen molar-refractivity contribution in [2.24, 2.45) is 0 Å². The van der Waals surface area contributed by atoms with Gasteiger partial charge < -0.3 is 5.11 Å². The minimum atomic E-state index is -0.387. The van der Waals surface area contributed by atoms with Crippen LogP contribution < -0.4 is 0 Å². The molecule has 0 radical (unpaired) electrons. The molecule has 15 heavy (non-hydrogen) atoms. The second-order valence-electron chi connectivity index (χ2n) is 3.35. The topological polar surface area (TPSA) is 20.2 Å². The van der Waals surface area contributed by atoms with Crippen molar-refractivity contribution in [2.75, 3.05) is 0 Å². The maximum Gasteiger partial charge on any atom is 0.0885 e. The van der Waals surface area contributed by atoms with Crippen molar-refractivity contribution in [3.8, 4) is 0 Å². The van der Waals surface area contributed by atoms with Crippen molar-refractivity contribution in [1.29, 1.82) is 0 Å². The van der Waals surface area contributed by atoms with Crippen LogP contribution in [0.4, 0.5) is 0 Å². The fourth-order valence-corrected chi connectivity index (χ4v) is 3.19. The summed E-state index contributed by atoms with van der Waals surface area (Å²) in [6, 6.07) is 3.93. The highest BCUT2D eigenvalue weighted by molar-refractivity contribution is 7.10. The van der Waals surface area contributed by atoms with E-state index in [1.54, 1.807) is 11.3 Å². The van der Waals surface area contributed by atoms with E-state index in [-0.39, 0.29) is 6.10 Å². The first kappa shape index (κ1) is 11.1. The molecule has 1 N–H and O–H groups in total. The Balaban J connectivity index is 1.90. The van der Waals surface area contributed by atoms with Gasteiger partial charge in [0.2, 0.25) is 0 Å². The molecule has 0 aliphatic carbocycles. The zero-order valence-electron chi connectivity index (χ0n) is 8.02. The number of rotatable bonds is 4. The molecule has 0 bridgehead atoms. The van der Waals surface area contributed by atoms with Gasteiger partial charge in [-0.2, -0.15) is 11.3 Å². The molecule has 0 aromatic carbocycles. The van der Waals surface area contributed by atoms with Gasteiger partial charge in [0.25, 0.3) is 0 Å². The number of halogens is 1. The Hall–Kier alpha value is -0.350. The lowest BCUT2D eigenvalue weighted by Gasteiger charge is -2.06. The first-order valence-electron chi connectivity index (χ1n) is 4.69. The van der Waals surface area contributed by atoms with E-state index in [1.807, 2.05) is 11.4 Å². The van der Waals surface area contributed by atoms with Crippen LogP contribution >= 0.6 is 34.3 Å². The number of aryl methyl sites for hydroxylation is 1. The molecule has 0 saturated heterocycles. The summed E-state index contributed by atoms with van der Waals surface area (Å²) < 4.78 is 0. The normalized spacial score (nSPS) is 12.9. The van der Waals surface area contributed by atoms with Crippen LogP contribution in [0.2, 0.25) is 5.02 Å². The van der Waals surface area contributed by atoms with Crippen LogP contribution in [-0.2, 0) is 6.42 Å². The standard InChI is InChI=1S/C11H11ClOS2/c12-9-5-11(15-7-9)10(13)2-1-8-3-4-14-6-8/h3-7,10,13H,1-2H2. The van der Waals surface area contributed by atoms with Crippen LogP contribution in [0.15, 0.2) is 28.3 Å². The number of thiophene rings is 2. The molecule has 0 spiro atoms. The summed E-state index contributed by atoms with van der Waals surface area (Å²) in [4.78, 5) is 0.954. The van der Waals surface area contributed by atoms with Crippen LogP contribution in [0.1, 0.15) is 23.0 Å². The van der Waals surface area contributed by atoms with Gasteiger partial charge in [0.1, 0.15) is 0 Å². The van der Waals surface area contributed by atoms with Crippen molar-refractivity contribution in [3.63, 3.8) is 0 Å². The number of hydrogen-bond acceptors (Lipinski definition) is 3. The van der Waals surface area contributed by atoms with Crippen LogP contribution in [0.5, 0.6) is 0 Å². The first-order chi connectivity index (χ1) is 7.25. The van der Waals surface area contributed by atoms with Gasteiger partial charge in [-0.1, -0.05) is 11.6 Å². The molecular formula is C11H11ClOS2. The quantitative estimate of drug-likeness (QED) is 0.874. The molecule has 0 saturated carbocycles. The summed E-state index contributed by atoms with van der Waals surface area (Å²) in [6.07, 6.45) is 1.29. The second-order valence-corrected chi connectivity index (χ2v) is 5.51. The molecule has 1 unspecified atom stereocenters. The summed E-state index contributed by atoms with van der Waals surface area (Å²) in [5.41, 5.74) is 1.29. The zero-order valence-corrected chi connectivity index (χ0v) is 10.4. The van der Waals surface area contributed by atoms with E-state index >= 15 is 0 Å². The Morgan fingerprint density at radius 2 is 2.27 bits per heavy atom. The average Bonchev–Trinajstić information content (AvgIpc) is 2.84. The summed E-state index contributed by atoms with van der Waals surface area (Å²) in [6.45, 7) is 0. The van der Waals surface area contributed by atoms with E-state index in [1.165, 1.54) is 16.9 Å². The van der Waals surface area contributed by atoms with Crippen molar-refractivity contribution in [2.45, 2.75) is 18.9 Å². The van der Waals surface area contributed by atoms with E-state index < -0.39 is 0 Å². The predicted octanol–water partition coefficient (Wildman–Crippen LogP) is 4.13. The lowest BCUT2D eigenvalue weighted by Crippen LogP contribution is -1.96. The van der Waals surface area contributed by atoms with Gasteiger partial charge >= 0.3 is 0 Å². The van der Waals surface area contributed by atoms with E-state index in [0.717, 1.165) is 17.7 Å². The van der Waals surface area contributed by atoms with Crippen LogP contribution in [-0.4, -0.2) is 5.11 Å². The van der Waals surface area contributed by atoms with Gasteiger partial charge in [-0.15, -0.1) is 11.3 Å². The summed E-state index contributed by atoms with van der Waals surface area (Å²) in [7, 11) is 0. The molecular weight excluding hydrogens is 248 g/mol. The van der Waals surface area contributed by atoms with E-state index in [9.17, 15) is 5.11 Å². The molecule has 2 aromatic heterocycles. The summed E-state index contributed by atoms with van der Waals surface area (Å²) in [5, 5.41) is 16.6. The van der Waals surface area contributed by atoms with Gasteiger partial charge in [0.15, 0.2) is 0 Å². The van der Waals surface area contributed by atoms with Gasteiger partial charge in [0, 0.05) is 10.3 Å². The van der Waals surface area contributed by atoms with Crippen LogP contribution in [0, 0.1) is 0 Å². The highest BCUT2D eigenvalue weighted by atomic mass is 35.5. The lowest BCUT2D eigenvalue weighted by molar-refractivity contribution is 0.171. The van der Waals surface area contributed by atoms with Gasteiger partial charge in [-0.05, 0) is 41.3 Å². The molecule has 2 aromatic rings. The Morgan fingerprint density at radius 1 is 1.40 bits per heavy atom. The first-order valence-corrected chi connectivity index (χ1v) is 6.89. The maximum atomic E-state index is 9.89. The Labute approximate surface area is 102 Å². The van der Waals surface area contributed by atoms with Crippen molar-refractivity contribution in [1.82, 2.24) is 0 Å². The van der Waals surface area contributed by atoms with Crippen LogP contribution in [0.3, 0.4) is 0 Å². The summed E-state index contributed by atoms with van der Waals surface area (Å²) >= 11 is 9.01. The Morgan fingerprint density at radius 3 is 2.87 bits per heavy atom. The molecule has 2 heterocycles. The molecule has 0 aliphatic heterocycles. The minimum Gasteiger partial charge on any atom is -0.388 e. The molecule has 4 heteroatoms. The third-order valence-electron chi connectivity index (χ3n) is 2.20. The molecule has 2 rings (SSSR count). The number of aliphatic hydroxyl groups excluding tert-OH is 1. The van der Waals surface area contributed by atoms with Crippen LogP contribution in [0.25, 0.3) is 0 Å². The smallest absolute Gasteiger partial charge is 0.0885 e. The SMILES string of the molecule is OC(CCc1ccsc1)c1cc(Cl)cs1. The highest BCUT2D eigenvalue weighted by Gasteiger charge is 2.10. The lowest BCUT2D eigenvalue weighted by atomic mass is 10.1. The molecule has 1 nitrogen and oxygen atoms in total. The largest absolute Gasteiger partial charge is 0.388 e. The van der Waals surface area contributed by atoms with E-state index in [4.69, 9.17) is 11.6 Å². The molecule has 1 atom stereocenters.